The highest BCUT2D eigenvalue weighted by Crippen LogP contribution is 2.25. The fraction of sp³-hybridized carbons (Fsp3) is 0.476. The van der Waals surface area contributed by atoms with E-state index in [0.29, 0.717) is 24.3 Å². The zero-order chi connectivity index (χ0) is 22.5. The summed E-state index contributed by atoms with van der Waals surface area (Å²) in [5, 5.41) is 2.51. The van der Waals surface area contributed by atoms with Gasteiger partial charge in [-0.3, -0.25) is 10.1 Å². The number of carbonyl (C=O) groups excluding carboxylic acids is 3. The van der Waals surface area contributed by atoms with Crippen LogP contribution in [0.2, 0.25) is 19.6 Å². The lowest BCUT2D eigenvalue weighted by atomic mass is 9.94. The summed E-state index contributed by atoms with van der Waals surface area (Å²) in [5.74, 6) is 2.57. The molecule has 1 aromatic rings. The van der Waals surface area contributed by atoms with Crippen molar-refractivity contribution < 1.29 is 28.6 Å². The molecule has 0 spiro atoms. The van der Waals surface area contributed by atoms with Crippen LogP contribution in [0, 0.1) is 11.5 Å². The van der Waals surface area contributed by atoms with Crippen LogP contribution in [0.25, 0.3) is 0 Å². The molecule has 1 aliphatic heterocycles. The maximum absolute atomic E-state index is 13.1. The fourth-order valence-electron chi connectivity index (χ4n) is 3.05. The number of methoxy groups -OCH3 is 3. The normalized spacial score (nSPS) is 15.1. The molecule has 0 bridgehead atoms. The Bertz CT molecular complexity index is 899. The van der Waals surface area contributed by atoms with Gasteiger partial charge in [0.2, 0.25) is 5.54 Å². The second-order valence-corrected chi connectivity index (χ2v) is 12.8. The van der Waals surface area contributed by atoms with Crippen molar-refractivity contribution in [3.05, 3.63) is 29.3 Å². The van der Waals surface area contributed by atoms with Gasteiger partial charge in [0, 0.05) is 12.1 Å². The van der Waals surface area contributed by atoms with Crippen molar-refractivity contribution >= 4 is 26.0 Å². The number of esters is 1. The standard InChI is InChI=1S/C21H28N2O6Si/c1-27-16-7-8-17-15(13-16)9-11-23(18(17)24)14-21(19(25)28-2,22-20(26)29-3)10-12-30(4,5)6/h7-8,13H,9,11,14H2,1-6H3,(H,22,26). The minimum absolute atomic E-state index is 0.156. The Hall–Kier alpha value is -2.99. The van der Waals surface area contributed by atoms with E-state index < -0.39 is 25.7 Å². The van der Waals surface area contributed by atoms with E-state index in [9.17, 15) is 14.4 Å². The third kappa shape index (κ3) is 5.33. The van der Waals surface area contributed by atoms with Crippen molar-refractivity contribution in [2.24, 2.45) is 0 Å². The Morgan fingerprint density at radius 2 is 1.90 bits per heavy atom. The van der Waals surface area contributed by atoms with Gasteiger partial charge in [0.15, 0.2) is 0 Å². The molecular formula is C21H28N2O6Si. The summed E-state index contributed by atoms with van der Waals surface area (Å²) in [6.45, 7) is 6.23. The lowest BCUT2D eigenvalue weighted by Crippen LogP contribution is -2.62. The number of rotatable bonds is 5. The van der Waals surface area contributed by atoms with E-state index in [0.717, 1.165) is 5.56 Å². The van der Waals surface area contributed by atoms with E-state index in [4.69, 9.17) is 14.2 Å². The van der Waals surface area contributed by atoms with Crippen molar-refractivity contribution in [1.82, 2.24) is 10.2 Å². The van der Waals surface area contributed by atoms with Gasteiger partial charge < -0.3 is 19.1 Å². The summed E-state index contributed by atoms with van der Waals surface area (Å²) >= 11 is 0. The molecule has 0 fully saturated rings. The summed E-state index contributed by atoms with van der Waals surface area (Å²) in [7, 11) is 2.06. The summed E-state index contributed by atoms with van der Waals surface area (Å²) < 4.78 is 14.9. The SMILES string of the molecule is COC(=O)NC(C#C[Si](C)(C)C)(CN1CCc2cc(OC)ccc2C1=O)C(=O)OC. The fourth-order valence-corrected chi connectivity index (χ4v) is 3.64. The predicted molar refractivity (Wildman–Crippen MR) is 114 cm³/mol. The lowest BCUT2D eigenvalue weighted by Gasteiger charge is -2.35. The predicted octanol–water partition coefficient (Wildman–Crippen LogP) is 1.84. The highest BCUT2D eigenvalue weighted by molar-refractivity contribution is 6.83. The van der Waals surface area contributed by atoms with E-state index in [-0.39, 0.29) is 12.5 Å². The third-order valence-corrected chi connectivity index (χ3v) is 5.47. The smallest absolute Gasteiger partial charge is 0.408 e. The van der Waals surface area contributed by atoms with Gasteiger partial charge in [-0.05, 0) is 30.2 Å². The van der Waals surface area contributed by atoms with Gasteiger partial charge in [0.1, 0.15) is 13.8 Å². The second-order valence-electron chi connectivity index (χ2n) is 8.01. The highest BCUT2D eigenvalue weighted by Gasteiger charge is 2.44. The van der Waals surface area contributed by atoms with Gasteiger partial charge in [0.05, 0.1) is 27.9 Å². The second kappa shape index (κ2) is 9.22. The maximum Gasteiger partial charge on any atom is 0.408 e. The largest absolute Gasteiger partial charge is 0.497 e. The minimum Gasteiger partial charge on any atom is -0.497 e. The number of hydrogen-bond donors (Lipinski definition) is 1. The van der Waals surface area contributed by atoms with Crippen LogP contribution in [0.15, 0.2) is 18.2 Å². The van der Waals surface area contributed by atoms with Crippen LogP contribution < -0.4 is 10.1 Å². The molecule has 162 valence electrons. The molecule has 8 nitrogen and oxygen atoms in total. The molecule has 1 aliphatic rings. The Balaban J connectivity index is 2.45. The van der Waals surface area contributed by atoms with Gasteiger partial charge in [0.25, 0.3) is 5.91 Å². The van der Waals surface area contributed by atoms with Gasteiger partial charge in [-0.2, -0.15) is 0 Å². The Morgan fingerprint density at radius 3 is 2.47 bits per heavy atom. The molecule has 1 unspecified atom stereocenters. The first kappa shape index (κ1) is 23.3. The molecule has 1 heterocycles. The summed E-state index contributed by atoms with van der Waals surface area (Å²) in [6.07, 6.45) is -0.255. The molecule has 0 radical (unpaired) electrons. The number of fused-ring (bicyclic) bond motifs is 1. The highest BCUT2D eigenvalue weighted by atomic mass is 28.3. The van der Waals surface area contributed by atoms with Crippen LogP contribution >= 0.6 is 0 Å². The molecule has 9 heteroatoms. The Labute approximate surface area is 177 Å². The van der Waals surface area contributed by atoms with E-state index in [1.54, 1.807) is 19.2 Å². The van der Waals surface area contributed by atoms with Gasteiger partial charge >= 0.3 is 12.1 Å². The van der Waals surface area contributed by atoms with E-state index in [1.807, 2.05) is 25.7 Å². The van der Waals surface area contributed by atoms with E-state index in [2.05, 4.69) is 16.8 Å². The van der Waals surface area contributed by atoms with Crippen molar-refractivity contribution in [2.75, 3.05) is 34.4 Å². The molecule has 30 heavy (non-hydrogen) atoms. The van der Waals surface area contributed by atoms with Crippen LogP contribution in [-0.4, -0.2) is 70.9 Å². The summed E-state index contributed by atoms with van der Waals surface area (Å²) in [4.78, 5) is 39.4. The van der Waals surface area contributed by atoms with Crippen LogP contribution in [0.4, 0.5) is 4.79 Å². The van der Waals surface area contributed by atoms with Crippen molar-refractivity contribution in [3.8, 4) is 17.2 Å². The molecule has 0 saturated carbocycles. The quantitative estimate of drug-likeness (QED) is 0.434. The summed E-state index contributed by atoms with van der Waals surface area (Å²) in [5.41, 5.74) is 2.77. The number of amides is 2. The molecule has 2 rings (SSSR count). The number of nitrogens with zero attached hydrogens (tertiary/aromatic N) is 1. The van der Waals surface area contributed by atoms with E-state index >= 15 is 0 Å². The average Bonchev–Trinajstić information content (AvgIpc) is 2.72. The molecule has 2 amide bonds. The number of alkyl carbamates (subject to hydrolysis) is 1. The molecule has 0 aromatic heterocycles. The van der Waals surface area contributed by atoms with Gasteiger partial charge in [-0.15, -0.1) is 5.54 Å². The lowest BCUT2D eigenvalue weighted by molar-refractivity contribution is -0.146. The number of hydrogen-bond acceptors (Lipinski definition) is 6. The van der Waals surface area contributed by atoms with Crippen molar-refractivity contribution in [1.29, 1.82) is 0 Å². The van der Waals surface area contributed by atoms with Crippen molar-refractivity contribution in [2.45, 2.75) is 31.6 Å². The monoisotopic (exact) mass is 432 g/mol. The van der Waals surface area contributed by atoms with Crippen molar-refractivity contribution in [3.63, 3.8) is 0 Å². The first-order valence-corrected chi connectivity index (χ1v) is 13.0. The van der Waals surface area contributed by atoms with Crippen LogP contribution in [0.3, 0.4) is 0 Å². The van der Waals surface area contributed by atoms with Crippen LogP contribution in [-0.2, 0) is 20.7 Å². The van der Waals surface area contributed by atoms with Crippen LogP contribution in [0.1, 0.15) is 15.9 Å². The maximum atomic E-state index is 13.1. The van der Waals surface area contributed by atoms with Gasteiger partial charge in [-0.1, -0.05) is 25.6 Å². The topological polar surface area (TPSA) is 94.2 Å². The molecule has 1 N–H and O–H groups in total. The Kier molecular flexibility index (Phi) is 7.15. The third-order valence-electron chi connectivity index (χ3n) is 4.59. The van der Waals surface area contributed by atoms with E-state index in [1.165, 1.54) is 19.1 Å². The minimum atomic E-state index is -1.92. The number of ether oxygens (including phenoxy) is 3. The first-order chi connectivity index (χ1) is 14.0. The number of benzene rings is 1. The molecular weight excluding hydrogens is 404 g/mol. The van der Waals surface area contributed by atoms with Crippen LogP contribution in [0.5, 0.6) is 5.75 Å². The molecule has 0 saturated heterocycles. The molecule has 0 aliphatic carbocycles. The zero-order valence-corrected chi connectivity index (χ0v) is 19.3. The van der Waals surface area contributed by atoms with Gasteiger partial charge in [-0.25, -0.2) is 9.59 Å². The Morgan fingerprint density at radius 1 is 1.20 bits per heavy atom. The average molecular weight is 433 g/mol. The molecule has 1 atom stereocenters. The first-order valence-electron chi connectivity index (χ1n) is 9.50. The zero-order valence-electron chi connectivity index (χ0n) is 18.3. The molecule has 1 aromatic carbocycles. The number of nitrogens with one attached hydrogen (secondary N) is 1. The number of carbonyl (C=O) groups is 3. The summed E-state index contributed by atoms with van der Waals surface area (Å²) in [6, 6.07) is 5.24.